The molecule has 0 heterocycles. The van der Waals surface area contributed by atoms with Gasteiger partial charge in [-0.25, -0.2) is 0 Å². The zero-order chi connectivity index (χ0) is 19.3. The maximum atomic E-state index is 11.5. The number of rotatable bonds is 2. The van der Waals surface area contributed by atoms with Gasteiger partial charge >= 0.3 is 8.60 Å². The molecule has 0 fully saturated rings. The second-order valence-electron chi connectivity index (χ2n) is 9.91. The van der Waals surface area contributed by atoms with Crippen LogP contribution in [0.4, 0.5) is 0 Å². The lowest BCUT2D eigenvalue weighted by Gasteiger charge is -2.58. The third-order valence-corrected chi connectivity index (χ3v) is 5.67. The van der Waals surface area contributed by atoms with Gasteiger partial charge in [-0.3, -0.25) is 0 Å². The predicted octanol–water partition coefficient (Wildman–Crippen LogP) is 4.91. The lowest BCUT2D eigenvalue weighted by atomic mass is 9.47. The Bertz CT molecular complexity index is 525. The van der Waals surface area contributed by atoms with Crippen LogP contribution >= 0.6 is 8.60 Å². The van der Waals surface area contributed by atoms with Gasteiger partial charge in [-0.05, 0) is 40.4 Å². The van der Waals surface area contributed by atoms with Gasteiger partial charge in [0.05, 0.1) is 6.10 Å². The van der Waals surface area contributed by atoms with Crippen LogP contribution in [-0.2, 0) is 4.52 Å². The molecule has 4 nitrogen and oxygen atoms in total. The molecule has 0 amide bonds. The average molecular weight is 358 g/mol. The summed E-state index contributed by atoms with van der Waals surface area (Å²) in [6.07, 6.45) is 1.23. The second-order valence-corrected chi connectivity index (χ2v) is 10.6. The lowest BCUT2D eigenvalue weighted by Crippen LogP contribution is -2.56. The van der Waals surface area contributed by atoms with E-state index in [0.717, 1.165) is 11.1 Å². The SMILES string of the molecule is CC1=C(C(C)(C)C)C(O)C(C(C)(C)C)(C(C)(C)C)C=C1OP(O)O. The van der Waals surface area contributed by atoms with Crippen molar-refractivity contribution in [3.63, 3.8) is 0 Å². The van der Waals surface area contributed by atoms with Crippen molar-refractivity contribution < 1.29 is 19.4 Å². The van der Waals surface area contributed by atoms with Crippen LogP contribution in [-0.4, -0.2) is 21.0 Å². The molecule has 1 unspecified atom stereocenters. The highest BCUT2D eigenvalue weighted by atomic mass is 31.2. The van der Waals surface area contributed by atoms with E-state index in [1.807, 2.05) is 13.0 Å². The van der Waals surface area contributed by atoms with Gasteiger partial charge in [0.15, 0.2) is 0 Å². The fraction of sp³-hybridized carbons (Fsp3) is 0.789. The molecule has 0 aromatic rings. The summed E-state index contributed by atoms with van der Waals surface area (Å²) in [4.78, 5) is 18.9. The van der Waals surface area contributed by atoms with Gasteiger partial charge in [-0.2, -0.15) is 0 Å². The minimum atomic E-state index is -2.52. The summed E-state index contributed by atoms with van der Waals surface area (Å²) < 4.78 is 5.39. The van der Waals surface area contributed by atoms with Gasteiger partial charge in [-0.1, -0.05) is 62.3 Å². The molecule has 1 atom stereocenters. The summed E-state index contributed by atoms with van der Waals surface area (Å²) in [5.74, 6) is 0.464. The van der Waals surface area contributed by atoms with Gasteiger partial charge in [0.1, 0.15) is 5.76 Å². The van der Waals surface area contributed by atoms with Crippen molar-refractivity contribution in [2.75, 3.05) is 0 Å². The van der Waals surface area contributed by atoms with Crippen LogP contribution < -0.4 is 0 Å². The molecule has 3 N–H and O–H groups in total. The summed E-state index contributed by atoms with van der Waals surface area (Å²) in [5, 5.41) is 11.5. The van der Waals surface area contributed by atoms with E-state index < -0.39 is 20.1 Å². The zero-order valence-electron chi connectivity index (χ0n) is 16.9. The molecule has 0 radical (unpaired) electrons. The van der Waals surface area contributed by atoms with Gasteiger partial charge in [0.25, 0.3) is 0 Å². The molecule has 0 bridgehead atoms. The molecule has 0 aromatic heterocycles. The number of aliphatic hydroxyl groups is 1. The molecule has 140 valence electrons. The highest BCUT2D eigenvalue weighted by molar-refractivity contribution is 7.39. The Kier molecular flexibility index (Phi) is 5.76. The van der Waals surface area contributed by atoms with E-state index in [0.29, 0.717) is 5.76 Å². The topological polar surface area (TPSA) is 69.9 Å². The normalized spacial score (nSPS) is 22.8. The van der Waals surface area contributed by atoms with Crippen molar-refractivity contribution in [2.24, 2.45) is 21.7 Å². The van der Waals surface area contributed by atoms with E-state index in [4.69, 9.17) is 4.52 Å². The quantitative estimate of drug-likeness (QED) is 0.613. The van der Waals surface area contributed by atoms with E-state index in [-0.39, 0.29) is 16.2 Å². The lowest BCUT2D eigenvalue weighted by molar-refractivity contribution is -0.0848. The molecule has 5 heteroatoms. The third kappa shape index (κ3) is 3.58. The molecular formula is C19H35O4P. The summed E-state index contributed by atoms with van der Waals surface area (Å²) in [6, 6.07) is 0. The summed E-state index contributed by atoms with van der Waals surface area (Å²) in [6.45, 7) is 20.7. The molecule has 1 rings (SSSR count). The fourth-order valence-corrected chi connectivity index (χ4v) is 4.86. The fourth-order valence-electron chi connectivity index (χ4n) is 4.49. The third-order valence-electron chi connectivity index (χ3n) is 5.31. The predicted molar refractivity (Wildman–Crippen MR) is 100 cm³/mol. The van der Waals surface area contributed by atoms with Crippen molar-refractivity contribution >= 4 is 8.60 Å². The Hall–Kier alpha value is -0.410. The molecule has 0 saturated carbocycles. The number of hydrogen-bond donors (Lipinski definition) is 3. The first kappa shape index (κ1) is 21.6. The molecule has 0 aliphatic heterocycles. The Labute approximate surface area is 148 Å². The highest BCUT2D eigenvalue weighted by Gasteiger charge is 2.58. The number of hydrogen-bond acceptors (Lipinski definition) is 4. The van der Waals surface area contributed by atoms with Crippen molar-refractivity contribution in [1.82, 2.24) is 0 Å². The first-order chi connectivity index (χ1) is 10.5. The Morgan fingerprint density at radius 3 is 1.67 bits per heavy atom. The van der Waals surface area contributed by atoms with E-state index in [1.54, 1.807) is 0 Å². The Morgan fingerprint density at radius 1 is 0.958 bits per heavy atom. The van der Waals surface area contributed by atoms with Gasteiger partial charge in [-0.15, -0.1) is 0 Å². The van der Waals surface area contributed by atoms with Crippen LogP contribution in [0.5, 0.6) is 0 Å². The average Bonchev–Trinajstić information content (AvgIpc) is 2.27. The minimum Gasteiger partial charge on any atom is -0.427 e. The standard InChI is InChI=1S/C19H35O4P/c1-12-13(23-24(21)22)11-19(17(5,6)7,18(8,9)10)15(20)14(12)16(2,3)4/h11,15,20-22H,1-10H3. The molecule has 0 saturated heterocycles. The van der Waals surface area contributed by atoms with Crippen LogP contribution in [0, 0.1) is 21.7 Å². The van der Waals surface area contributed by atoms with Gasteiger partial charge in [0.2, 0.25) is 0 Å². The zero-order valence-corrected chi connectivity index (χ0v) is 17.7. The van der Waals surface area contributed by atoms with E-state index in [9.17, 15) is 14.9 Å². The smallest absolute Gasteiger partial charge is 0.391 e. The van der Waals surface area contributed by atoms with Crippen molar-refractivity contribution in [1.29, 1.82) is 0 Å². The van der Waals surface area contributed by atoms with Crippen LogP contribution in [0.15, 0.2) is 23.0 Å². The van der Waals surface area contributed by atoms with E-state index >= 15 is 0 Å². The summed E-state index contributed by atoms with van der Waals surface area (Å²) in [7, 11) is -2.52. The summed E-state index contributed by atoms with van der Waals surface area (Å²) >= 11 is 0. The maximum absolute atomic E-state index is 11.5. The number of aliphatic hydroxyl groups excluding tert-OH is 1. The van der Waals surface area contributed by atoms with Crippen LogP contribution in [0.1, 0.15) is 69.2 Å². The van der Waals surface area contributed by atoms with Crippen LogP contribution in [0.3, 0.4) is 0 Å². The van der Waals surface area contributed by atoms with Crippen molar-refractivity contribution in [2.45, 2.75) is 75.3 Å². The maximum Gasteiger partial charge on any atom is 0.391 e. The van der Waals surface area contributed by atoms with E-state index in [2.05, 4.69) is 62.3 Å². The molecule has 24 heavy (non-hydrogen) atoms. The van der Waals surface area contributed by atoms with Crippen molar-refractivity contribution in [3.05, 3.63) is 23.0 Å². The molecular weight excluding hydrogens is 323 g/mol. The first-order valence-corrected chi connectivity index (χ1v) is 9.61. The highest BCUT2D eigenvalue weighted by Crippen LogP contribution is 2.61. The van der Waals surface area contributed by atoms with Gasteiger partial charge < -0.3 is 19.4 Å². The molecule has 0 spiro atoms. The van der Waals surface area contributed by atoms with E-state index in [1.165, 1.54) is 0 Å². The molecule has 1 aliphatic carbocycles. The van der Waals surface area contributed by atoms with Gasteiger partial charge in [0, 0.05) is 5.41 Å². The van der Waals surface area contributed by atoms with Crippen LogP contribution in [0.2, 0.25) is 0 Å². The number of allylic oxidation sites excluding steroid dienone is 1. The second kappa shape index (κ2) is 6.39. The molecule has 0 aromatic carbocycles. The summed E-state index contributed by atoms with van der Waals surface area (Å²) in [5.41, 5.74) is 0.232. The Balaban J connectivity index is 3.84. The monoisotopic (exact) mass is 358 g/mol. The largest absolute Gasteiger partial charge is 0.427 e. The Morgan fingerprint density at radius 2 is 1.38 bits per heavy atom. The molecule has 1 aliphatic rings. The van der Waals surface area contributed by atoms with Crippen molar-refractivity contribution in [3.8, 4) is 0 Å². The first-order valence-electron chi connectivity index (χ1n) is 8.45. The minimum absolute atomic E-state index is 0.274. The van der Waals surface area contributed by atoms with Crippen LogP contribution in [0.25, 0.3) is 0 Å².